The van der Waals surface area contributed by atoms with E-state index in [0.717, 1.165) is 29.7 Å². The van der Waals surface area contributed by atoms with Crippen molar-refractivity contribution in [2.24, 2.45) is 7.05 Å². The highest BCUT2D eigenvalue weighted by Crippen LogP contribution is 2.42. The number of nitro benzene ring substituents is 1. The number of aryl methyl sites for hydroxylation is 1. The molecule has 0 saturated carbocycles. The average molecular weight is 429 g/mol. The molecule has 1 aromatic carbocycles. The number of aromatic nitrogens is 2. The fourth-order valence-electron chi connectivity index (χ4n) is 4.63. The minimum Gasteiger partial charge on any atom is -0.490 e. The Morgan fingerprint density at radius 2 is 2.00 bits per heavy atom. The molecule has 0 aliphatic carbocycles. The lowest BCUT2D eigenvalue weighted by atomic mass is 9.88. The lowest BCUT2D eigenvalue weighted by Crippen LogP contribution is -2.60. The standard InChI is InChI=1S/C21H27N5O5/c1-14-20(27)23(2)13-21(31-14)5-7-25(8-6-21)17-10-19(30-4)18(26(28)29)9-16(17)15-11-22-24(3)12-15/h9-12,14H,5-8,13H2,1-4H3. The minimum atomic E-state index is -0.448. The van der Waals surface area contributed by atoms with Crippen LogP contribution in [0.15, 0.2) is 24.5 Å². The van der Waals surface area contributed by atoms with Crippen molar-refractivity contribution in [1.82, 2.24) is 14.7 Å². The number of hydrogen-bond donors (Lipinski definition) is 0. The van der Waals surface area contributed by atoms with E-state index >= 15 is 0 Å². The second-order valence-electron chi connectivity index (χ2n) is 8.33. The fraction of sp³-hybridized carbons (Fsp3) is 0.524. The van der Waals surface area contributed by atoms with Gasteiger partial charge in [-0.1, -0.05) is 0 Å². The molecule has 2 aromatic rings. The number of piperidine rings is 1. The number of ether oxygens (including phenoxy) is 2. The predicted octanol–water partition coefficient (Wildman–Crippen LogP) is 2.22. The quantitative estimate of drug-likeness (QED) is 0.542. The zero-order valence-corrected chi connectivity index (χ0v) is 18.2. The van der Waals surface area contributed by atoms with Crippen molar-refractivity contribution < 1.29 is 19.2 Å². The zero-order valence-electron chi connectivity index (χ0n) is 18.2. The molecule has 2 aliphatic heterocycles. The number of hydrogen-bond acceptors (Lipinski definition) is 7. The van der Waals surface area contributed by atoms with Crippen LogP contribution in [-0.4, -0.2) is 71.0 Å². The number of rotatable bonds is 4. The lowest BCUT2D eigenvalue weighted by molar-refractivity contribution is -0.385. The Morgan fingerprint density at radius 1 is 1.29 bits per heavy atom. The number of anilines is 1. The van der Waals surface area contributed by atoms with Crippen molar-refractivity contribution in [1.29, 1.82) is 0 Å². The molecule has 31 heavy (non-hydrogen) atoms. The first kappa shape index (κ1) is 21.1. The number of likely N-dealkylation sites (N-methyl/N-ethyl adjacent to an activating group) is 1. The van der Waals surface area contributed by atoms with Gasteiger partial charge >= 0.3 is 5.69 Å². The molecule has 2 aliphatic rings. The number of nitrogens with zero attached hydrogens (tertiary/aromatic N) is 5. The summed E-state index contributed by atoms with van der Waals surface area (Å²) in [5.41, 5.74) is 1.96. The van der Waals surface area contributed by atoms with Crippen LogP contribution in [0.4, 0.5) is 11.4 Å². The molecule has 1 unspecified atom stereocenters. The molecule has 0 N–H and O–H groups in total. The van der Waals surface area contributed by atoms with Crippen molar-refractivity contribution >= 4 is 17.3 Å². The van der Waals surface area contributed by atoms with E-state index in [-0.39, 0.29) is 22.9 Å². The molecule has 10 nitrogen and oxygen atoms in total. The fourth-order valence-corrected chi connectivity index (χ4v) is 4.63. The van der Waals surface area contributed by atoms with Gasteiger partial charge in [-0.3, -0.25) is 19.6 Å². The summed E-state index contributed by atoms with van der Waals surface area (Å²) in [6.45, 7) is 3.77. The SMILES string of the molecule is COc1cc(N2CCC3(CC2)CN(C)C(=O)C(C)O3)c(-c2cnn(C)c2)cc1[N+](=O)[O-]. The van der Waals surface area contributed by atoms with E-state index in [1.807, 2.05) is 20.3 Å². The van der Waals surface area contributed by atoms with Gasteiger partial charge in [-0.15, -0.1) is 0 Å². The third kappa shape index (κ3) is 3.83. The van der Waals surface area contributed by atoms with Gasteiger partial charge in [0.25, 0.3) is 5.91 Å². The first-order valence-corrected chi connectivity index (χ1v) is 10.3. The van der Waals surface area contributed by atoms with Gasteiger partial charge in [0.1, 0.15) is 6.10 Å². The van der Waals surface area contributed by atoms with Crippen molar-refractivity contribution in [3.63, 3.8) is 0 Å². The Kier molecular flexibility index (Phi) is 5.34. The summed E-state index contributed by atoms with van der Waals surface area (Å²) >= 11 is 0. The second kappa shape index (κ2) is 7.84. The van der Waals surface area contributed by atoms with E-state index in [1.165, 1.54) is 7.11 Å². The van der Waals surface area contributed by atoms with Crippen LogP contribution in [0.25, 0.3) is 11.1 Å². The van der Waals surface area contributed by atoms with Gasteiger partial charge in [-0.25, -0.2) is 0 Å². The Morgan fingerprint density at radius 3 is 2.55 bits per heavy atom. The van der Waals surface area contributed by atoms with Crippen molar-refractivity contribution in [2.75, 3.05) is 38.7 Å². The molecule has 2 fully saturated rings. The van der Waals surface area contributed by atoms with Crippen LogP contribution >= 0.6 is 0 Å². The first-order valence-electron chi connectivity index (χ1n) is 10.3. The number of methoxy groups -OCH3 is 1. The summed E-state index contributed by atoms with van der Waals surface area (Å²) in [5.74, 6) is 0.229. The normalized spacial score (nSPS) is 20.9. The van der Waals surface area contributed by atoms with Crippen LogP contribution in [0.3, 0.4) is 0 Å². The average Bonchev–Trinajstić information content (AvgIpc) is 3.17. The maximum absolute atomic E-state index is 12.1. The highest BCUT2D eigenvalue weighted by Gasteiger charge is 2.44. The Balaban J connectivity index is 1.67. The molecule has 166 valence electrons. The van der Waals surface area contributed by atoms with Crippen LogP contribution < -0.4 is 9.64 Å². The molecule has 1 atom stereocenters. The molecule has 0 radical (unpaired) electrons. The second-order valence-corrected chi connectivity index (χ2v) is 8.33. The molecule has 1 aromatic heterocycles. The number of carbonyl (C=O) groups excluding carboxylic acids is 1. The van der Waals surface area contributed by atoms with Crippen LogP contribution in [0.2, 0.25) is 0 Å². The molecule has 1 amide bonds. The summed E-state index contributed by atoms with van der Waals surface area (Å²) in [6, 6.07) is 3.29. The number of morpholine rings is 1. The number of nitro groups is 1. The zero-order chi connectivity index (χ0) is 22.3. The van der Waals surface area contributed by atoms with Gasteiger partial charge in [0.05, 0.1) is 23.8 Å². The largest absolute Gasteiger partial charge is 0.490 e. The third-order valence-electron chi connectivity index (χ3n) is 6.20. The number of carbonyl (C=O) groups is 1. The topological polar surface area (TPSA) is 103 Å². The molecule has 10 heteroatoms. The summed E-state index contributed by atoms with van der Waals surface area (Å²) in [4.78, 5) is 27.2. The molecule has 0 bridgehead atoms. The minimum absolute atomic E-state index is 0.00650. The Labute approximate surface area is 180 Å². The lowest BCUT2D eigenvalue weighted by Gasteiger charge is -2.48. The summed E-state index contributed by atoms with van der Waals surface area (Å²) in [5, 5.41) is 15.8. The van der Waals surface area contributed by atoms with Gasteiger partial charge < -0.3 is 19.3 Å². The third-order valence-corrected chi connectivity index (χ3v) is 6.20. The van der Waals surface area contributed by atoms with Crippen LogP contribution in [0, 0.1) is 10.1 Å². The van der Waals surface area contributed by atoms with Crippen LogP contribution in [-0.2, 0) is 16.6 Å². The highest BCUT2D eigenvalue weighted by atomic mass is 16.6. The van der Waals surface area contributed by atoms with E-state index in [1.54, 1.807) is 34.8 Å². The smallest absolute Gasteiger partial charge is 0.311 e. The van der Waals surface area contributed by atoms with E-state index in [4.69, 9.17) is 9.47 Å². The van der Waals surface area contributed by atoms with Gasteiger partial charge in [-0.05, 0) is 19.8 Å². The van der Waals surface area contributed by atoms with Crippen LogP contribution in [0.1, 0.15) is 19.8 Å². The maximum Gasteiger partial charge on any atom is 0.311 e. The predicted molar refractivity (Wildman–Crippen MR) is 114 cm³/mol. The van der Waals surface area contributed by atoms with E-state index < -0.39 is 11.0 Å². The molecule has 2 saturated heterocycles. The van der Waals surface area contributed by atoms with Crippen molar-refractivity contribution in [3.8, 4) is 16.9 Å². The van der Waals surface area contributed by atoms with Gasteiger partial charge in [0.2, 0.25) is 0 Å². The van der Waals surface area contributed by atoms with Gasteiger partial charge in [0.15, 0.2) is 5.75 Å². The number of benzene rings is 1. The highest BCUT2D eigenvalue weighted by molar-refractivity contribution is 5.83. The van der Waals surface area contributed by atoms with Gasteiger partial charge in [-0.2, -0.15) is 5.10 Å². The molecule has 3 heterocycles. The first-order chi connectivity index (χ1) is 14.7. The van der Waals surface area contributed by atoms with Crippen molar-refractivity contribution in [2.45, 2.75) is 31.5 Å². The molecular weight excluding hydrogens is 402 g/mol. The summed E-state index contributed by atoms with van der Waals surface area (Å²) in [6.07, 6.45) is 4.59. The Bertz CT molecular complexity index is 996. The molecular formula is C21H27N5O5. The van der Waals surface area contributed by atoms with E-state index in [9.17, 15) is 14.9 Å². The number of amides is 1. The van der Waals surface area contributed by atoms with Gasteiger partial charge in [0, 0.05) is 68.9 Å². The summed E-state index contributed by atoms with van der Waals surface area (Å²) < 4.78 is 13.1. The van der Waals surface area contributed by atoms with Crippen LogP contribution in [0.5, 0.6) is 5.75 Å². The molecule has 4 rings (SSSR count). The molecule has 1 spiro atoms. The van der Waals surface area contributed by atoms with Crippen molar-refractivity contribution in [3.05, 3.63) is 34.6 Å². The monoisotopic (exact) mass is 429 g/mol. The Hall–Kier alpha value is -3.14. The maximum atomic E-state index is 12.1. The van der Waals surface area contributed by atoms with E-state index in [2.05, 4.69) is 10.00 Å². The summed E-state index contributed by atoms with van der Waals surface area (Å²) in [7, 11) is 5.06. The van der Waals surface area contributed by atoms with E-state index in [0.29, 0.717) is 19.6 Å².